The Balaban J connectivity index is 1.21. The summed E-state index contributed by atoms with van der Waals surface area (Å²) in [6.45, 7) is 7.24. The van der Waals surface area contributed by atoms with Crippen LogP contribution in [0, 0.1) is 11.8 Å². The molecule has 1 amide bonds. The molecule has 2 heterocycles. The van der Waals surface area contributed by atoms with Crippen molar-refractivity contribution in [3.63, 3.8) is 0 Å². The molecule has 4 nitrogen and oxygen atoms in total. The van der Waals surface area contributed by atoms with Gasteiger partial charge in [0.25, 0.3) is 0 Å². The summed E-state index contributed by atoms with van der Waals surface area (Å²) in [7, 11) is 0. The van der Waals surface area contributed by atoms with E-state index >= 15 is 0 Å². The van der Waals surface area contributed by atoms with Gasteiger partial charge in [-0.15, -0.1) is 0 Å². The van der Waals surface area contributed by atoms with E-state index in [9.17, 15) is 4.79 Å². The van der Waals surface area contributed by atoms with Gasteiger partial charge in [-0.05, 0) is 68.4 Å². The highest BCUT2D eigenvalue weighted by molar-refractivity contribution is 5.80. The fourth-order valence-electron chi connectivity index (χ4n) is 4.87. The topological polar surface area (TPSA) is 41.6 Å². The van der Waals surface area contributed by atoms with Crippen LogP contribution in [0.25, 0.3) is 0 Å². The number of carbonyl (C=O) groups excluding carboxylic acids is 1. The molecule has 1 spiro atoms. The number of benzene rings is 1. The SMILES string of the molecule is CCc1ccc(CN2CCC3(CC2)CC(CCNC(=O)C2CC2)CCO3)cc1. The van der Waals surface area contributed by atoms with E-state index in [-0.39, 0.29) is 11.5 Å². The fourth-order valence-corrected chi connectivity index (χ4v) is 4.87. The number of nitrogens with one attached hydrogen (secondary N) is 1. The Morgan fingerprint density at radius 3 is 2.54 bits per heavy atom. The molecule has 1 aliphatic carbocycles. The van der Waals surface area contributed by atoms with Gasteiger partial charge in [-0.3, -0.25) is 9.69 Å². The molecule has 3 fully saturated rings. The average Bonchev–Trinajstić information content (AvgIpc) is 3.56. The molecule has 1 saturated carbocycles. The fraction of sp³-hybridized carbons (Fsp3) is 0.708. The molecule has 154 valence electrons. The van der Waals surface area contributed by atoms with Crippen LogP contribution in [0.4, 0.5) is 0 Å². The Hall–Kier alpha value is -1.39. The number of rotatable bonds is 7. The first-order valence-corrected chi connectivity index (χ1v) is 11.4. The minimum absolute atomic E-state index is 0.0893. The molecule has 4 heteroatoms. The maximum absolute atomic E-state index is 11.8. The summed E-state index contributed by atoms with van der Waals surface area (Å²) >= 11 is 0. The standard InChI is InChI=1S/C24H36N2O2/c1-2-19-3-5-21(6-4-19)18-26-14-11-24(12-15-26)17-20(10-16-28-24)9-13-25-23(27)22-7-8-22/h3-6,20,22H,2,7-18H2,1H3,(H,25,27). The predicted molar refractivity (Wildman–Crippen MR) is 112 cm³/mol. The monoisotopic (exact) mass is 384 g/mol. The molecule has 1 atom stereocenters. The van der Waals surface area contributed by atoms with Crippen molar-refractivity contribution in [2.75, 3.05) is 26.2 Å². The first-order valence-electron chi connectivity index (χ1n) is 11.4. The quantitative estimate of drug-likeness (QED) is 0.774. The normalized spacial score (nSPS) is 25.0. The Labute approximate surface area is 170 Å². The zero-order valence-corrected chi connectivity index (χ0v) is 17.4. The number of piperidine rings is 1. The third kappa shape index (κ3) is 5.15. The van der Waals surface area contributed by atoms with Crippen LogP contribution >= 0.6 is 0 Å². The summed E-state index contributed by atoms with van der Waals surface area (Å²) in [4.78, 5) is 14.4. The van der Waals surface area contributed by atoms with E-state index < -0.39 is 0 Å². The van der Waals surface area contributed by atoms with E-state index in [1.54, 1.807) is 0 Å². The van der Waals surface area contributed by atoms with Gasteiger partial charge in [0.1, 0.15) is 0 Å². The number of aryl methyl sites for hydroxylation is 1. The molecule has 28 heavy (non-hydrogen) atoms. The highest BCUT2D eigenvalue weighted by atomic mass is 16.5. The second kappa shape index (κ2) is 8.96. The molecule has 3 aliphatic rings. The predicted octanol–water partition coefficient (Wildman–Crippen LogP) is 3.93. The Morgan fingerprint density at radius 2 is 1.86 bits per heavy atom. The summed E-state index contributed by atoms with van der Waals surface area (Å²) in [6.07, 6.45) is 9.00. The molecular formula is C24H36N2O2. The van der Waals surface area contributed by atoms with Crippen LogP contribution < -0.4 is 5.32 Å². The largest absolute Gasteiger partial charge is 0.375 e. The molecule has 0 radical (unpaired) electrons. The molecule has 1 unspecified atom stereocenters. The summed E-state index contributed by atoms with van der Waals surface area (Å²) < 4.78 is 6.33. The van der Waals surface area contributed by atoms with Crippen LogP contribution in [0.5, 0.6) is 0 Å². The van der Waals surface area contributed by atoms with Gasteiger partial charge in [0.15, 0.2) is 0 Å². The number of hydrogen-bond donors (Lipinski definition) is 1. The Kier molecular flexibility index (Phi) is 6.37. The first-order chi connectivity index (χ1) is 13.7. The molecule has 4 rings (SSSR count). The summed E-state index contributed by atoms with van der Waals surface area (Å²) in [5.74, 6) is 1.30. The number of ether oxygens (including phenoxy) is 1. The molecule has 1 aromatic carbocycles. The van der Waals surface area contributed by atoms with E-state index in [1.165, 1.54) is 17.5 Å². The number of likely N-dealkylation sites (tertiary alicyclic amines) is 1. The van der Waals surface area contributed by atoms with Crippen molar-refractivity contribution in [2.45, 2.75) is 70.4 Å². The zero-order chi connectivity index (χ0) is 19.4. The molecule has 0 aromatic heterocycles. The number of nitrogens with zero attached hydrogens (tertiary/aromatic N) is 1. The van der Waals surface area contributed by atoms with E-state index in [0.29, 0.717) is 11.8 Å². The Bertz CT molecular complexity index is 645. The maximum atomic E-state index is 11.8. The summed E-state index contributed by atoms with van der Waals surface area (Å²) in [5.41, 5.74) is 2.92. The van der Waals surface area contributed by atoms with Crippen LogP contribution in [0.1, 0.15) is 63.0 Å². The van der Waals surface area contributed by atoms with Gasteiger partial charge >= 0.3 is 0 Å². The maximum Gasteiger partial charge on any atom is 0.223 e. The minimum atomic E-state index is 0.0893. The lowest BCUT2D eigenvalue weighted by molar-refractivity contribution is -0.129. The first kappa shape index (κ1) is 19.9. The highest BCUT2D eigenvalue weighted by Gasteiger charge is 2.40. The molecular weight excluding hydrogens is 348 g/mol. The van der Waals surface area contributed by atoms with Gasteiger partial charge in [-0.1, -0.05) is 31.2 Å². The van der Waals surface area contributed by atoms with Gasteiger partial charge < -0.3 is 10.1 Å². The molecule has 1 aromatic rings. The van der Waals surface area contributed by atoms with Gasteiger partial charge in [-0.25, -0.2) is 0 Å². The van der Waals surface area contributed by atoms with Gasteiger partial charge in [0, 0.05) is 38.7 Å². The van der Waals surface area contributed by atoms with Crippen LogP contribution in [0.2, 0.25) is 0 Å². The lowest BCUT2D eigenvalue weighted by Crippen LogP contribution is -2.49. The Morgan fingerprint density at radius 1 is 1.14 bits per heavy atom. The molecule has 2 aliphatic heterocycles. The van der Waals surface area contributed by atoms with Crippen molar-refractivity contribution in [2.24, 2.45) is 11.8 Å². The second-order valence-corrected chi connectivity index (χ2v) is 9.19. The van der Waals surface area contributed by atoms with Crippen molar-refractivity contribution in [3.05, 3.63) is 35.4 Å². The molecule has 0 bridgehead atoms. The van der Waals surface area contributed by atoms with Crippen molar-refractivity contribution < 1.29 is 9.53 Å². The van der Waals surface area contributed by atoms with Crippen molar-refractivity contribution in [3.8, 4) is 0 Å². The number of hydrogen-bond acceptors (Lipinski definition) is 3. The molecule has 1 N–H and O–H groups in total. The van der Waals surface area contributed by atoms with Crippen LogP contribution in [0.3, 0.4) is 0 Å². The van der Waals surface area contributed by atoms with Crippen molar-refractivity contribution in [1.29, 1.82) is 0 Å². The lowest BCUT2D eigenvalue weighted by Gasteiger charge is -2.46. The second-order valence-electron chi connectivity index (χ2n) is 9.19. The van der Waals surface area contributed by atoms with Crippen molar-refractivity contribution >= 4 is 5.91 Å². The number of amides is 1. The van der Waals surface area contributed by atoms with E-state index in [0.717, 1.165) is 77.7 Å². The van der Waals surface area contributed by atoms with Crippen LogP contribution in [-0.4, -0.2) is 42.6 Å². The van der Waals surface area contributed by atoms with E-state index in [2.05, 4.69) is 41.4 Å². The minimum Gasteiger partial charge on any atom is -0.375 e. The third-order valence-corrected chi connectivity index (χ3v) is 7.00. The van der Waals surface area contributed by atoms with Crippen LogP contribution in [0.15, 0.2) is 24.3 Å². The molecule has 2 saturated heterocycles. The highest BCUT2D eigenvalue weighted by Crippen LogP contribution is 2.39. The van der Waals surface area contributed by atoms with Crippen molar-refractivity contribution in [1.82, 2.24) is 10.2 Å². The van der Waals surface area contributed by atoms with E-state index in [4.69, 9.17) is 4.74 Å². The van der Waals surface area contributed by atoms with Gasteiger partial charge in [0.2, 0.25) is 5.91 Å². The smallest absolute Gasteiger partial charge is 0.223 e. The van der Waals surface area contributed by atoms with Gasteiger partial charge in [-0.2, -0.15) is 0 Å². The summed E-state index contributed by atoms with van der Waals surface area (Å²) in [5, 5.41) is 3.14. The number of carbonyl (C=O) groups is 1. The lowest BCUT2D eigenvalue weighted by atomic mass is 9.78. The van der Waals surface area contributed by atoms with Gasteiger partial charge in [0.05, 0.1) is 5.60 Å². The third-order valence-electron chi connectivity index (χ3n) is 7.00. The zero-order valence-electron chi connectivity index (χ0n) is 17.4. The summed E-state index contributed by atoms with van der Waals surface area (Å²) in [6, 6.07) is 9.09. The van der Waals surface area contributed by atoms with Crippen LogP contribution in [-0.2, 0) is 22.5 Å². The van der Waals surface area contributed by atoms with E-state index in [1.807, 2.05) is 0 Å². The average molecular weight is 385 g/mol.